The first kappa shape index (κ1) is 25.8. The number of methoxy groups -OCH3 is 1. The number of aliphatic hydroxyl groups excluding tert-OH is 2. The minimum Gasteiger partial charge on any atom is -0.469 e. The molecule has 5 aliphatic carbocycles. The van der Waals surface area contributed by atoms with Gasteiger partial charge in [-0.25, -0.2) is 0 Å². The molecule has 0 bridgehead atoms. The quantitative estimate of drug-likeness (QED) is 0.355. The van der Waals surface area contributed by atoms with Crippen LogP contribution in [-0.2, 0) is 9.53 Å². The van der Waals surface area contributed by atoms with E-state index in [9.17, 15) is 15.0 Å². The van der Waals surface area contributed by atoms with Gasteiger partial charge in [-0.05, 0) is 104 Å². The molecule has 0 aliphatic heterocycles. The van der Waals surface area contributed by atoms with E-state index in [-0.39, 0.29) is 45.6 Å². The fourth-order valence-electron chi connectivity index (χ4n) is 10.8. The molecule has 35 heavy (non-hydrogen) atoms. The summed E-state index contributed by atoms with van der Waals surface area (Å²) >= 11 is 0. The molecule has 4 fully saturated rings. The summed E-state index contributed by atoms with van der Waals surface area (Å²) in [7, 11) is 1.58. The monoisotopic (exact) mass is 486 g/mol. The zero-order chi connectivity index (χ0) is 25.7. The van der Waals surface area contributed by atoms with Crippen molar-refractivity contribution in [2.75, 3.05) is 13.7 Å². The lowest BCUT2D eigenvalue weighted by Gasteiger charge is -2.71. The van der Waals surface area contributed by atoms with E-state index in [1.807, 2.05) is 0 Å². The summed E-state index contributed by atoms with van der Waals surface area (Å²) in [5.41, 5.74) is 1.37. The van der Waals surface area contributed by atoms with Crippen LogP contribution in [0.4, 0.5) is 0 Å². The maximum atomic E-state index is 13.4. The van der Waals surface area contributed by atoms with Gasteiger partial charge >= 0.3 is 5.97 Å². The summed E-state index contributed by atoms with van der Waals surface area (Å²) in [6.45, 7) is 14.5. The van der Waals surface area contributed by atoms with E-state index in [0.717, 1.165) is 64.2 Å². The average molecular weight is 487 g/mol. The van der Waals surface area contributed by atoms with Crippen LogP contribution in [0.2, 0.25) is 0 Å². The van der Waals surface area contributed by atoms with Crippen LogP contribution in [0.3, 0.4) is 0 Å². The van der Waals surface area contributed by atoms with Crippen LogP contribution >= 0.6 is 0 Å². The van der Waals surface area contributed by atoms with Gasteiger partial charge in [0.05, 0.1) is 25.2 Å². The lowest BCUT2D eigenvalue weighted by molar-refractivity contribution is -0.216. The molecule has 0 aromatic rings. The minimum atomic E-state index is -0.417. The Morgan fingerprint density at radius 3 is 2.31 bits per heavy atom. The molecule has 2 N–H and O–H groups in total. The number of hydrogen-bond acceptors (Lipinski definition) is 4. The summed E-state index contributed by atoms with van der Waals surface area (Å²) in [5.74, 6) is 1.16. The number of carbonyl (C=O) groups excluding carboxylic acids is 1. The molecule has 0 unspecified atom stereocenters. The summed E-state index contributed by atoms with van der Waals surface area (Å²) < 4.78 is 5.48. The molecule has 4 nitrogen and oxygen atoms in total. The van der Waals surface area contributed by atoms with Crippen LogP contribution in [0.25, 0.3) is 0 Å². The standard InChI is InChI=1S/C31H50O4/c1-26(2)14-16-31(25(34)35-7)17-15-29(5)20(21(31)18-26)8-9-23-27(3)12-11-24(33)28(4,19-32)22(27)10-13-30(23,29)6/h8,21-24,32-33H,9-19H2,1-7H3/t21-,22+,23+,24+,27-,28+,29-,30-,31+/m1/s1. The molecule has 0 amide bonds. The first-order valence-corrected chi connectivity index (χ1v) is 14.3. The van der Waals surface area contributed by atoms with Gasteiger partial charge < -0.3 is 14.9 Å². The molecule has 0 aromatic carbocycles. The van der Waals surface area contributed by atoms with E-state index >= 15 is 0 Å². The highest BCUT2D eigenvalue weighted by Crippen LogP contribution is 2.75. The molecule has 0 spiro atoms. The molecule has 0 heterocycles. The Morgan fingerprint density at radius 1 is 0.971 bits per heavy atom. The molecular formula is C31H50O4. The summed E-state index contributed by atoms with van der Waals surface area (Å²) in [4.78, 5) is 13.4. The number of esters is 1. The predicted molar refractivity (Wildman–Crippen MR) is 138 cm³/mol. The lowest BCUT2D eigenvalue weighted by Crippen LogP contribution is -2.66. The normalized spacial score (nSPS) is 52.8. The Balaban J connectivity index is 1.59. The van der Waals surface area contributed by atoms with Gasteiger partial charge in [0.1, 0.15) is 0 Å². The van der Waals surface area contributed by atoms with Crippen LogP contribution in [0, 0.1) is 50.2 Å². The van der Waals surface area contributed by atoms with Crippen LogP contribution in [0.1, 0.15) is 106 Å². The molecule has 198 valence electrons. The van der Waals surface area contributed by atoms with Crippen molar-refractivity contribution < 1.29 is 19.7 Å². The molecule has 4 heteroatoms. The van der Waals surface area contributed by atoms with Crippen LogP contribution in [-0.4, -0.2) is 36.0 Å². The maximum Gasteiger partial charge on any atom is 0.312 e. The zero-order valence-electron chi connectivity index (χ0n) is 23.4. The number of ether oxygens (including phenoxy) is 1. The van der Waals surface area contributed by atoms with E-state index in [0.29, 0.717) is 11.8 Å². The van der Waals surface area contributed by atoms with Crippen molar-refractivity contribution in [3.63, 3.8) is 0 Å². The van der Waals surface area contributed by atoms with Gasteiger partial charge in [-0.1, -0.05) is 53.2 Å². The first-order valence-electron chi connectivity index (χ1n) is 14.3. The van der Waals surface area contributed by atoms with E-state index in [4.69, 9.17) is 4.74 Å². The van der Waals surface area contributed by atoms with Crippen LogP contribution in [0.5, 0.6) is 0 Å². The largest absolute Gasteiger partial charge is 0.469 e. The second kappa shape index (κ2) is 7.82. The number of fused-ring (bicyclic) bond motifs is 7. The van der Waals surface area contributed by atoms with Crippen molar-refractivity contribution in [1.82, 2.24) is 0 Å². The van der Waals surface area contributed by atoms with Gasteiger partial charge in [-0.3, -0.25) is 4.79 Å². The number of rotatable bonds is 2. The highest BCUT2D eigenvalue weighted by atomic mass is 16.5. The van der Waals surface area contributed by atoms with Gasteiger partial charge in [0.2, 0.25) is 0 Å². The minimum absolute atomic E-state index is 0.0175. The van der Waals surface area contributed by atoms with Gasteiger partial charge in [0.15, 0.2) is 0 Å². The second-order valence-corrected chi connectivity index (χ2v) is 15.1. The molecule has 0 saturated heterocycles. The molecular weight excluding hydrogens is 436 g/mol. The smallest absolute Gasteiger partial charge is 0.312 e. The summed E-state index contributed by atoms with van der Waals surface area (Å²) in [6, 6.07) is 0. The Kier molecular flexibility index (Phi) is 5.76. The SMILES string of the molecule is COC(=O)[C@]12CCC(C)(C)C[C@@H]1C1=CC[C@H]3[C@]4(C)CC[C@H](O)[C@@](C)(CO)[C@H]4CC[C@@]3(C)[C@]1(C)CC2. The number of aliphatic hydroxyl groups is 2. The second-order valence-electron chi connectivity index (χ2n) is 15.1. The summed E-state index contributed by atoms with van der Waals surface area (Å²) in [5, 5.41) is 21.4. The average Bonchev–Trinajstić information content (AvgIpc) is 2.81. The maximum absolute atomic E-state index is 13.4. The number of hydrogen-bond donors (Lipinski definition) is 2. The van der Waals surface area contributed by atoms with Crippen molar-refractivity contribution in [3.8, 4) is 0 Å². The fraction of sp³-hybridized carbons (Fsp3) is 0.903. The summed E-state index contributed by atoms with van der Waals surface area (Å²) in [6.07, 6.45) is 12.3. The first-order chi connectivity index (χ1) is 16.2. The number of allylic oxidation sites excluding steroid dienone is 2. The van der Waals surface area contributed by atoms with Crippen molar-refractivity contribution in [1.29, 1.82) is 0 Å². The third-order valence-electron chi connectivity index (χ3n) is 13.3. The van der Waals surface area contributed by atoms with E-state index in [1.165, 1.54) is 0 Å². The molecule has 5 rings (SSSR count). The van der Waals surface area contributed by atoms with Crippen LogP contribution < -0.4 is 0 Å². The van der Waals surface area contributed by atoms with E-state index in [1.54, 1.807) is 12.7 Å². The van der Waals surface area contributed by atoms with Crippen LogP contribution in [0.15, 0.2) is 11.6 Å². The third-order valence-corrected chi connectivity index (χ3v) is 13.3. The fourth-order valence-corrected chi connectivity index (χ4v) is 10.8. The Hall–Kier alpha value is -0.870. The van der Waals surface area contributed by atoms with E-state index in [2.05, 4.69) is 47.6 Å². The highest BCUT2D eigenvalue weighted by Gasteiger charge is 2.69. The van der Waals surface area contributed by atoms with Crippen molar-refractivity contribution in [3.05, 3.63) is 11.6 Å². The predicted octanol–water partition coefficient (Wildman–Crippen LogP) is 6.29. The topological polar surface area (TPSA) is 66.8 Å². The van der Waals surface area contributed by atoms with Crippen molar-refractivity contribution >= 4 is 5.97 Å². The number of carbonyl (C=O) groups is 1. The van der Waals surface area contributed by atoms with E-state index < -0.39 is 11.5 Å². The molecule has 9 atom stereocenters. The molecule has 4 saturated carbocycles. The van der Waals surface area contributed by atoms with Crippen molar-refractivity contribution in [2.24, 2.45) is 50.2 Å². The Morgan fingerprint density at radius 2 is 1.66 bits per heavy atom. The highest BCUT2D eigenvalue weighted by molar-refractivity contribution is 5.78. The van der Waals surface area contributed by atoms with Crippen molar-refractivity contribution in [2.45, 2.75) is 112 Å². The Labute approximate surface area is 213 Å². The third kappa shape index (κ3) is 3.14. The zero-order valence-corrected chi connectivity index (χ0v) is 23.4. The van der Waals surface area contributed by atoms with Gasteiger partial charge in [-0.2, -0.15) is 0 Å². The van der Waals surface area contributed by atoms with Gasteiger partial charge in [-0.15, -0.1) is 0 Å². The molecule has 0 radical (unpaired) electrons. The Bertz CT molecular complexity index is 923. The molecule has 5 aliphatic rings. The van der Waals surface area contributed by atoms with Gasteiger partial charge in [0.25, 0.3) is 0 Å². The molecule has 0 aromatic heterocycles. The van der Waals surface area contributed by atoms with Gasteiger partial charge in [0, 0.05) is 5.41 Å². The lowest BCUT2D eigenvalue weighted by atomic mass is 9.33.